The van der Waals surface area contributed by atoms with Crippen molar-refractivity contribution < 1.29 is 8.78 Å². The van der Waals surface area contributed by atoms with Gasteiger partial charge in [0.15, 0.2) is 11.6 Å². The zero-order chi connectivity index (χ0) is 9.97. The molecule has 0 amide bonds. The van der Waals surface area contributed by atoms with Crippen LogP contribution in [-0.2, 0) is 0 Å². The summed E-state index contributed by atoms with van der Waals surface area (Å²) >= 11 is 0. The highest BCUT2D eigenvalue weighted by Gasteiger charge is 2.08. The van der Waals surface area contributed by atoms with Gasteiger partial charge in [-0.1, -0.05) is 18.2 Å². The molecule has 3 heteroatoms. The zero-order valence-corrected chi connectivity index (χ0v) is 7.17. The maximum Gasteiger partial charge on any atom is 0.166 e. The van der Waals surface area contributed by atoms with Gasteiger partial charge in [-0.05, 0) is 12.1 Å². The highest BCUT2D eigenvalue weighted by atomic mass is 19.2. The van der Waals surface area contributed by atoms with E-state index in [1.54, 1.807) is 12.1 Å². The van der Waals surface area contributed by atoms with E-state index in [0.29, 0.717) is 5.56 Å². The predicted molar refractivity (Wildman–Crippen MR) is 48.4 cm³/mol. The summed E-state index contributed by atoms with van der Waals surface area (Å²) in [5.74, 6) is -1.70. The van der Waals surface area contributed by atoms with Crippen molar-refractivity contribution in [1.29, 1.82) is 0 Å². The summed E-state index contributed by atoms with van der Waals surface area (Å²) in [5, 5.41) is 0. The predicted octanol–water partition coefficient (Wildman–Crippen LogP) is 2.83. The molecule has 0 aliphatic heterocycles. The molecule has 1 aromatic heterocycles. The maximum atomic E-state index is 13.3. The molecule has 0 aliphatic carbocycles. The SMILES string of the molecule is Fc1cccc(-c2cc[c]nc2)c1F. The van der Waals surface area contributed by atoms with E-state index in [2.05, 4.69) is 11.2 Å². The number of hydrogen-bond acceptors (Lipinski definition) is 1. The summed E-state index contributed by atoms with van der Waals surface area (Å²) in [6.45, 7) is 0. The van der Waals surface area contributed by atoms with Crippen LogP contribution < -0.4 is 0 Å². The van der Waals surface area contributed by atoms with E-state index in [1.807, 2.05) is 0 Å². The second-order valence-electron chi connectivity index (χ2n) is 2.78. The smallest absolute Gasteiger partial charge is 0.166 e. The van der Waals surface area contributed by atoms with Crippen LogP contribution in [0.4, 0.5) is 8.78 Å². The zero-order valence-electron chi connectivity index (χ0n) is 7.17. The molecular formula is C11H6F2N. The fourth-order valence-corrected chi connectivity index (χ4v) is 1.21. The Morgan fingerprint density at radius 1 is 1.14 bits per heavy atom. The molecule has 0 spiro atoms. The third-order valence-electron chi connectivity index (χ3n) is 1.88. The Morgan fingerprint density at radius 2 is 2.00 bits per heavy atom. The van der Waals surface area contributed by atoms with Gasteiger partial charge in [0.1, 0.15) is 0 Å². The fraction of sp³-hybridized carbons (Fsp3) is 0. The van der Waals surface area contributed by atoms with Gasteiger partial charge < -0.3 is 0 Å². The van der Waals surface area contributed by atoms with Gasteiger partial charge in [0, 0.05) is 17.3 Å². The van der Waals surface area contributed by atoms with E-state index in [-0.39, 0.29) is 5.56 Å². The lowest BCUT2D eigenvalue weighted by Crippen LogP contribution is -1.89. The number of halogens is 2. The molecular weight excluding hydrogens is 184 g/mol. The van der Waals surface area contributed by atoms with Crippen LogP contribution in [0.15, 0.2) is 36.5 Å². The van der Waals surface area contributed by atoms with Crippen molar-refractivity contribution in [2.75, 3.05) is 0 Å². The van der Waals surface area contributed by atoms with Crippen LogP contribution in [0.5, 0.6) is 0 Å². The third-order valence-corrected chi connectivity index (χ3v) is 1.88. The molecule has 1 radical (unpaired) electrons. The second-order valence-corrected chi connectivity index (χ2v) is 2.78. The van der Waals surface area contributed by atoms with Crippen LogP contribution in [0, 0.1) is 17.8 Å². The minimum atomic E-state index is -0.852. The van der Waals surface area contributed by atoms with Gasteiger partial charge in [-0.3, -0.25) is 4.98 Å². The Hall–Kier alpha value is -1.77. The largest absolute Gasteiger partial charge is 0.254 e. The Balaban J connectivity index is 2.58. The van der Waals surface area contributed by atoms with Crippen LogP contribution >= 0.6 is 0 Å². The molecule has 0 atom stereocenters. The average molecular weight is 190 g/mol. The number of nitrogens with zero attached hydrogens (tertiary/aromatic N) is 1. The molecule has 1 heterocycles. The molecule has 69 valence electrons. The van der Waals surface area contributed by atoms with Crippen LogP contribution in [0.1, 0.15) is 0 Å². The fourth-order valence-electron chi connectivity index (χ4n) is 1.21. The number of hydrogen-bond donors (Lipinski definition) is 0. The van der Waals surface area contributed by atoms with Gasteiger partial charge in [-0.2, -0.15) is 0 Å². The van der Waals surface area contributed by atoms with E-state index >= 15 is 0 Å². The first kappa shape index (κ1) is 8.81. The van der Waals surface area contributed by atoms with Crippen LogP contribution in [-0.4, -0.2) is 4.98 Å². The van der Waals surface area contributed by atoms with Crippen LogP contribution in [0.2, 0.25) is 0 Å². The molecule has 2 rings (SSSR count). The van der Waals surface area contributed by atoms with Crippen LogP contribution in [0.25, 0.3) is 11.1 Å². The van der Waals surface area contributed by atoms with Crippen LogP contribution in [0.3, 0.4) is 0 Å². The van der Waals surface area contributed by atoms with Gasteiger partial charge in [0.25, 0.3) is 0 Å². The first-order chi connectivity index (χ1) is 6.79. The van der Waals surface area contributed by atoms with Gasteiger partial charge in [-0.15, -0.1) is 0 Å². The Bertz CT molecular complexity index is 440. The molecule has 0 N–H and O–H groups in total. The van der Waals surface area contributed by atoms with E-state index < -0.39 is 11.6 Å². The van der Waals surface area contributed by atoms with Crippen molar-refractivity contribution in [2.24, 2.45) is 0 Å². The van der Waals surface area contributed by atoms with E-state index in [0.717, 1.165) is 6.07 Å². The van der Waals surface area contributed by atoms with Gasteiger partial charge >= 0.3 is 0 Å². The topological polar surface area (TPSA) is 12.9 Å². The summed E-state index contributed by atoms with van der Waals surface area (Å²) in [6, 6.07) is 7.24. The lowest BCUT2D eigenvalue weighted by Gasteiger charge is -2.02. The molecule has 0 saturated heterocycles. The second kappa shape index (κ2) is 3.54. The van der Waals surface area contributed by atoms with Gasteiger partial charge in [0.05, 0.1) is 6.20 Å². The van der Waals surface area contributed by atoms with Crippen molar-refractivity contribution in [3.8, 4) is 11.1 Å². The standard InChI is InChI=1S/C11H6F2N/c12-10-5-1-4-9(11(10)13)8-3-2-6-14-7-8/h1-5,7H. The Morgan fingerprint density at radius 3 is 2.71 bits per heavy atom. The molecule has 1 aromatic carbocycles. The van der Waals surface area contributed by atoms with Crippen molar-refractivity contribution in [3.05, 3.63) is 54.4 Å². The first-order valence-electron chi connectivity index (χ1n) is 4.05. The third kappa shape index (κ3) is 1.48. The normalized spacial score (nSPS) is 10.1. The summed E-state index contributed by atoms with van der Waals surface area (Å²) in [7, 11) is 0. The lowest BCUT2D eigenvalue weighted by atomic mass is 10.1. The number of aromatic nitrogens is 1. The Labute approximate surface area is 80.0 Å². The monoisotopic (exact) mass is 190 g/mol. The number of benzene rings is 1. The minimum Gasteiger partial charge on any atom is -0.254 e. The molecule has 14 heavy (non-hydrogen) atoms. The molecule has 2 aromatic rings. The molecule has 0 bridgehead atoms. The highest BCUT2D eigenvalue weighted by Crippen LogP contribution is 2.22. The van der Waals surface area contributed by atoms with Crippen molar-refractivity contribution in [2.45, 2.75) is 0 Å². The maximum absolute atomic E-state index is 13.3. The van der Waals surface area contributed by atoms with Gasteiger partial charge in [0.2, 0.25) is 0 Å². The van der Waals surface area contributed by atoms with E-state index in [9.17, 15) is 8.78 Å². The van der Waals surface area contributed by atoms with Crippen molar-refractivity contribution in [3.63, 3.8) is 0 Å². The van der Waals surface area contributed by atoms with E-state index in [1.165, 1.54) is 18.3 Å². The summed E-state index contributed by atoms with van der Waals surface area (Å²) in [4.78, 5) is 3.72. The van der Waals surface area contributed by atoms with Crippen molar-refractivity contribution in [1.82, 2.24) is 4.98 Å². The molecule has 0 aliphatic rings. The van der Waals surface area contributed by atoms with Crippen molar-refractivity contribution >= 4 is 0 Å². The highest BCUT2D eigenvalue weighted by molar-refractivity contribution is 5.62. The average Bonchev–Trinajstić information content (AvgIpc) is 2.23. The number of pyridine rings is 1. The summed E-state index contributed by atoms with van der Waals surface area (Å²) in [6.07, 6.45) is 4.01. The summed E-state index contributed by atoms with van der Waals surface area (Å²) < 4.78 is 26.1. The molecule has 1 nitrogen and oxygen atoms in total. The quantitative estimate of drug-likeness (QED) is 0.673. The first-order valence-corrected chi connectivity index (χ1v) is 4.05. The summed E-state index contributed by atoms with van der Waals surface area (Å²) in [5.41, 5.74) is 0.757. The van der Waals surface area contributed by atoms with Gasteiger partial charge in [-0.25, -0.2) is 8.78 Å². The lowest BCUT2D eigenvalue weighted by molar-refractivity contribution is 0.511. The number of rotatable bonds is 1. The molecule has 0 unspecified atom stereocenters. The molecule has 0 fully saturated rings. The van der Waals surface area contributed by atoms with E-state index in [4.69, 9.17) is 0 Å². The Kier molecular flexibility index (Phi) is 2.23. The molecule has 0 saturated carbocycles. The minimum absolute atomic E-state index is 0.214.